The van der Waals surface area contributed by atoms with Crippen molar-refractivity contribution in [1.29, 1.82) is 0 Å². The topological polar surface area (TPSA) is 35.5 Å². The summed E-state index contributed by atoms with van der Waals surface area (Å²) in [6.07, 6.45) is 0. The van der Waals surface area contributed by atoms with Crippen molar-refractivity contribution in [2.24, 2.45) is 0 Å². The summed E-state index contributed by atoms with van der Waals surface area (Å²) in [6, 6.07) is 30.8. The Balaban J connectivity index is 1.81. The quantitative estimate of drug-likeness (QED) is 0.316. The highest BCUT2D eigenvalue weighted by molar-refractivity contribution is 7.97. The van der Waals surface area contributed by atoms with E-state index in [4.69, 9.17) is 9.47 Å². The summed E-state index contributed by atoms with van der Waals surface area (Å²) in [6.45, 7) is 0. The van der Waals surface area contributed by atoms with Crippen molar-refractivity contribution in [1.82, 2.24) is 0 Å². The van der Waals surface area contributed by atoms with Gasteiger partial charge in [0, 0.05) is 6.07 Å². The van der Waals surface area contributed by atoms with E-state index in [0.717, 1.165) is 16.0 Å². The number of ether oxygens (including phenoxy) is 2. The molecule has 0 radical (unpaired) electrons. The fourth-order valence-corrected chi connectivity index (χ4v) is 5.37. The Hall–Kier alpha value is -3.24. The van der Waals surface area contributed by atoms with E-state index < -0.39 is 0 Å². The lowest BCUT2D eigenvalue weighted by Gasteiger charge is -2.10. The lowest BCUT2D eigenvalue weighted by molar-refractivity contribution is 0.0600. The first-order valence-electron chi connectivity index (χ1n) is 9.25. The maximum absolute atomic E-state index is 11.8. The summed E-state index contributed by atoms with van der Waals surface area (Å²) < 4.78 is 10.2. The van der Waals surface area contributed by atoms with Crippen LogP contribution in [-0.2, 0) is 15.6 Å². The first-order valence-corrected chi connectivity index (χ1v) is 10.5. The van der Waals surface area contributed by atoms with Gasteiger partial charge in [-0.15, -0.1) is 0 Å². The van der Waals surface area contributed by atoms with Crippen LogP contribution in [-0.4, -0.2) is 20.2 Å². The molecular formula is C25H21O3S+. The van der Waals surface area contributed by atoms with Gasteiger partial charge >= 0.3 is 5.97 Å². The lowest BCUT2D eigenvalue weighted by Crippen LogP contribution is -2.06. The van der Waals surface area contributed by atoms with Crippen LogP contribution in [0.4, 0.5) is 0 Å². The molecule has 0 bridgehead atoms. The molecule has 0 N–H and O–H groups in total. The van der Waals surface area contributed by atoms with Gasteiger partial charge in [0.05, 0.1) is 30.7 Å². The van der Waals surface area contributed by atoms with Gasteiger partial charge in [-0.1, -0.05) is 24.3 Å². The summed E-state index contributed by atoms with van der Waals surface area (Å²) in [7, 11) is 2.79. The Bertz CT molecular complexity index is 1140. The molecule has 4 aromatic rings. The minimum atomic E-state index is -0.323. The van der Waals surface area contributed by atoms with E-state index in [-0.39, 0.29) is 16.9 Å². The number of carbonyl (C=O) groups is 1. The summed E-state index contributed by atoms with van der Waals surface area (Å²) in [5.74, 6) is 0.529. The Morgan fingerprint density at radius 1 is 0.690 bits per heavy atom. The molecule has 0 aliphatic carbocycles. The molecular weight excluding hydrogens is 380 g/mol. The molecule has 0 aromatic heterocycles. The van der Waals surface area contributed by atoms with Gasteiger partial charge in [0.25, 0.3) is 0 Å². The van der Waals surface area contributed by atoms with Crippen LogP contribution in [0.2, 0.25) is 0 Å². The fourth-order valence-electron chi connectivity index (χ4n) is 3.27. The summed E-state index contributed by atoms with van der Waals surface area (Å²) >= 11 is 0. The van der Waals surface area contributed by atoms with Gasteiger partial charge in [0.1, 0.15) is 5.75 Å². The van der Waals surface area contributed by atoms with Gasteiger partial charge in [0.15, 0.2) is 14.7 Å². The molecule has 1 unspecified atom stereocenters. The molecule has 0 saturated heterocycles. The van der Waals surface area contributed by atoms with Gasteiger partial charge in [-0.3, -0.25) is 0 Å². The zero-order chi connectivity index (χ0) is 20.2. The van der Waals surface area contributed by atoms with Crippen molar-refractivity contribution in [2.45, 2.75) is 14.7 Å². The van der Waals surface area contributed by atoms with Crippen molar-refractivity contribution in [3.8, 4) is 5.75 Å². The normalized spacial score (nSPS) is 11.8. The maximum Gasteiger partial charge on any atom is 0.337 e. The van der Waals surface area contributed by atoms with Gasteiger partial charge in [-0.05, 0) is 71.4 Å². The van der Waals surface area contributed by atoms with E-state index in [0.29, 0.717) is 5.56 Å². The Morgan fingerprint density at radius 3 is 2.00 bits per heavy atom. The number of hydrogen-bond acceptors (Lipinski definition) is 3. The highest BCUT2D eigenvalue weighted by Gasteiger charge is 2.29. The predicted octanol–water partition coefficient (Wildman–Crippen LogP) is 5.73. The SMILES string of the molecule is COC(=O)c1ccc([S+](c2ccccc2)c2ccc3cc(OC)ccc3c2)cc1. The molecule has 0 heterocycles. The predicted molar refractivity (Wildman–Crippen MR) is 117 cm³/mol. The molecule has 29 heavy (non-hydrogen) atoms. The van der Waals surface area contributed by atoms with E-state index in [1.807, 2.05) is 42.5 Å². The molecule has 3 nitrogen and oxygen atoms in total. The van der Waals surface area contributed by atoms with E-state index in [1.165, 1.54) is 22.3 Å². The lowest BCUT2D eigenvalue weighted by atomic mass is 10.1. The van der Waals surface area contributed by atoms with Crippen LogP contribution in [0.5, 0.6) is 5.75 Å². The molecule has 144 valence electrons. The smallest absolute Gasteiger partial charge is 0.337 e. The van der Waals surface area contributed by atoms with Gasteiger partial charge in [-0.25, -0.2) is 4.79 Å². The van der Waals surface area contributed by atoms with E-state index in [1.54, 1.807) is 7.11 Å². The number of fused-ring (bicyclic) bond motifs is 1. The molecule has 4 heteroatoms. The van der Waals surface area contributed by atoms with E-state index >= 15 is 0 Å². The zero-order valence-electron chi connectivity index (χ0n) is 16.3. The Morgan fingerprint density at radius 2 is 1.31 bits per heavy atom. The largest absolute Gasteiger partial charge is 0.497 e. The van der Waals surface area contributed by atoms with Crippen molar-refractivity contribution < 1.29 is 14.3 Å². The number of esters is 1. The summed E-state index contributed by atoms with van der Waals surface area (Å²) in [4.78, 5) is 15.4. The highest BCUT2D eigenvalue weighted by Crippen LogP contribution is 2.33. The zero-order valence-corrected chi connectivity index (χ0v) is 17.1. The van der Waals surface area contributed by atoms with Crippen LogP contribution in [0, 0.1) is 0 Å². The van der Waals surface area contributed by atoms with Gasteiger partial charge < -0.3 is 9.47 Å². The van der Waals surface area contributed by atoms with Crippen molar-refractivity contribution >= 4 is 27.6 Å². The number of methoxy groups -OCH3 is 2. The average Bonchev–Trinajstić information content (AvgIpc) is 2.79. The number of carbonyl (C=O) groups excluding carboxylic acids is 1. The monoisotopic (exact) mass is 401 g/mol. The number of hydrogen-bond donors (Lipinski definition) is 0. The third-order valence-electron chi connectivity index (χ3n) is 4.74. The molecule has 0 saturated carbocycles. The third-order valence-corrected chi connectivity index (χ3v) is 6.96. The molecule has 0 aliphatic heterocycles. The summed E-state index contributed by atoms with van der Waals surface area (Å²) in [5, 5.41) is 2.31. The molecule has 4 aromatic carbocycles. The second-order valence-electron chi connectivity index (χ2n) is 6.51. The van der Waals surface area contributed by atoms with Crippen molar-refractivity contribution in [3.63, 3.8) is 0 Å². The number of rotatable bonds is 5. The average molecular weight is 402 g/mol. The van der Waals surface area contributed by atoms with Crippen LogP contribution >= 0.6 is 0 Å². The molecule has 4 rings (SSSR count). The second kappa shape index (κ2) is 8.41. The Labute approximate surface area is 173 Å². The minimum Gasteiger partial charge on any atom is -0.497 e. The molecule has 0 amide bonds. The van der Waals surface area contributed by atoms with Gasteiger partial charge in [0.2, 0.25) is 0 Å². The van der Waals surface area contributed by atoms with Crippen molar-refractivity contribution in [2.75, 3.05) is 14.2 Å². The minimum absolute atomic E-state index is 0.285. The molecule has 1 atom stereocenters. The molecule has 0 spiro atoms. The third kappa shape index (κ3) is 3.98. The van der Waals surface area contributed by atoms with Crippen LogP contribution in [0.25, 0.3) is 10.8 Å². The van der Waals surface area contributed by atoms with Crippen LogP contribution in [0.1, 0.15) is 10.4 Å². The van der Waals surface area contributed by atoms with Crippen LogP contribution in [0.3, 0.4) is 0 Å². The summed E-state index contributed by atoms with van der Waals surface area (Å²) in [5.41, 5.74) is 0.554. The highest BCUT2D eigenvalue weighted by atomic mass is 32.2. The van der Waals surface area contributed by atoms with E-state index in [9.17, 15) is 4.79 Å². The van der Waals surface area contributed by atoms with Crippen LogP contribution in [0.15, 0.2) is 106 Å². The van der Waals surface area contributed by atoms with E-state index in [2.05, 4.69) is 48.5 Å². The second-order valence-corrected chi connectivity index (χ2v) is 8.54. The van der Waals surface area contributed by atoms with Crippen molar-refractivity contribution in [3.05, 3.63) is 96.6 Å². The standard InChI is InChI=1S/C25H21O3S/c1-27-21-12-8-20-17-24(15-11-19(20)16-21)29(22-6-4-3-5-7-22)23-13-9-18(10-14-23)25(26)28-2/h3-17H,1-2H3/q+1. The first-order chi connectivity index (χ1) is 14.2. The van der Waals surface area contributed by atoms with Gasteiger partial charge in [-0.2, -0.15) is 0 Å². The van der Waals surface area contributed by atoms with Crippen LogP contribution < -0.4 is 4.74 Å². The fraction of sp³-hybridized carbons (Fsp3) is 0.0800. The first kappa shape index (κ1) is 19.1. The maximum atomic E-state index is 11.8. The Kier molecular flexibility index (Phi) is 5.54. The molecule has 0 aliphatic rings. The number of benzene rings is 4. The molecule has 0 fully saturated rings.